The van der Waals surface area contributed by atoms with Gasteiger partial charge in [0, 0.05) is 26.2 Å². The number of rotatable bonds is 7. The quantitative estimate of drug-likeness (QED) is 0.724. The number of anilines is 1. The van der Waals surface area contributed by atoms with Crippen molar-refractivity contribution >= 4 is 11.7 Å². The summed E-state index contributed by atoms with van der Waals surface area (Å²) in [6.07, 6.45) is 0. The van der Waals surface area contributed by atoms with Gasteiger partial charge >= 0.3 is 6.03 Å². The lowest BCUT2D eigenvalue weighted by molar-refractivity contribution is 0.191. The van der Waals surface area contributed by atoms with Crippen LogP contribution in [-0.4, -0.2) is 57.4 Å². The Kier molecular flexibility index (Phi) is 7.22. The fourth-order valence-corrected chi connectivity index (χ4v) is 3.43. The zero-order valence-corrected chi connectivity index (χ0v) is 17.6. The second-order valence-electron chi connectivity index (χ2n) is 7.45. The Bertz CT molecular complexity index is 784. The number of carbonyl (C=O) groups excluding carboxylic acids is 1. The number of hydrogen-bond acceptors (Lipinski definition) is 4. The molecule has 1 aliphatic heterocycles. The van der Waals surface area contributed by atoms with Crippen LogP contribution in [0.15, 0.2) is 48.5 Å². The lowest BCUT2D eigenvalue weighted by Crippen LogP contribution is -2.52. The first kappa shape index (κ1) is 20.8. The molecule has 6 nitrogen and oxygen atoms in total. The number of ether oxygens (including phenoxy) is 2. The standard InChI is InChI=1S/C23H31N3O3/c1-18(2)19-8-10-20(11-9-19)29-17-12-24-23(27)26-15-13-25(14-16-26)21-6-4-5-7-22(21)28-3/h4-11,18H,12-17H2,1-3H3,(H,24,27). The van der Waals surface area contributed by atoms with Gasteiger partial charge in [0.25, 0.3) is 0 Å². The number of urea groups is 1. The topological polar surface area (TPSA) is 54.0 Å². The molecule has 2 amide bonds. The molecule has 2 aromatic carbocycles. The highest BCUT2D eigenvalue weighted by molar-refractivity contribution is 5.74. The zero-order valence-electron chi connectivity index (χ0n) is 17.6. The van der Waals surface area contributed by atoms with Gasteiger partial charge < -0.3 is 24.6 Å². The van der Waals surface area contributed by atoms with Crippen LogP contribution in [0.4, 0.5) is 10.5 Å². The molecule has 0 aromatic heterocycles. The largest absolute Gasteiger partial charge is 0.495 e. The number of methoxy groups -OCH3 is 1. The average molecular weight is 398 g/mol. The van der Waals surface area contributed by atoms with Gasteiger partial charge in [-0.3, -0.25) is 0 Å². The van der Waals surface area contributed by atoms with E-state index in [2.05, 4.69) is 42.3 Å². The molecule has 6 heteroatoms. The average Bonchev–Trinajstić information content (AvgIpc) is 2.77. The van der Waals surface area contributed by atoms with Crippen LogP contribution in [0, 0.1) is 0 Å². The fraction of sp³-hybridized carbons (Fsp3) is 0.435. The van der Waals surface area contributed by atoms with Crippen molar-refractivity contribution < 1.29 is 14.3 Å². The number of hydrogen-bond donors (Lipinski definition) is 1. The molecule has 1 aliphatic rings. The molecule has 1 fully saturated rings. The summed E-state index contributed by atoms with van der Waals surface area (Å²) in [5.74, 6) is 2.20. The lowest BCUT2D eigenvalue weighted by atomic mass is 10.0. The third kappa shape index (κ3) is 5.56. The summed E-state index contributed by atoms with van der Waals surface area (Å²) < 4.78 is 11.2. The number of amides is 2. The van der Waals surface area contributed by atoms with E-state index in [4.69, 9.17) is 9.47 Å². The highest BCUT2D eigenvalue weighted by atomic mass is 16.5. The van der Waals surface area contributed by atoms with E-state index in [1.807, 2.05) is 35.2 Å². The van der Waals surface area contributed by atoms with E-state index in [0.29, 0.717) is 32.2 Å². The van der Waals surface area contributed by atoms with E-state index in [0.717, 1.165) is 30.3 Å². The number of nitrogens with one attached hydrogen (secondary N) is 1. The van der Waals surface area contributed by atoms with Crippen molar-refractivity contribution in [1.82, 2.24) is 10.2 Å². The molecule has 1 heterocycles. The van der Waals surface area contributed by atoms with Gasteiger partial charge in [-0.1, -0.05) is 38.1 Å². The van der Waals surface area contributed by atoms with Gasteiger partial charge in [-0.05, 0) is 35.7 Å². The number of para-hydroxylation sites is 2. The molecule has 0 atom stereocenters. The van der Waals surface area contributed by atoms with Crippen molar-refractivity contribution in [3.63, 3.8) is 0 Å². The molecule has 0 radical (unpaired) electrons. The molecule has 1 N–H and O–H groups in total. The maximum absolute atomic E-state index is 12.4. The molecule has 2 aromatic rings. The predicted molar refractivity (Wildman–Crippen MR) is 116 cm³/mol. The zero-order chi connectivity index (χ0) is 20.6. The van der Waals surface area contributed by atoms with Gasteiger partial charge in [0.2, 0.25) is 0 Å². The van der Waals surface area contributed by atoms with E-state index in [1.54, 1.807) is 7.11 Å². The monoisotopic (exact) mass is 397 g/mol. The number of nitrogens with zero attached hydrogens (tertiary/aromatic N) is 2. The second-order valence-corrected chi connectivity index (χ2v) is 7.45. The second kappa shape index (κ2) is 10.0. The molecule has 0 unspecified atom stereocenters. The summed E-state index contributed by atoms with van der Waals surface area (Å²) in [5, 5.41) is 2.95. The summed E-state index contributed by atoms with van der Waals surface area (Å²) in [4.78, 5) is 16.5. The Morgan fingerprint density at radius 1 is 1.03 bits per heavy atom. The number of piperazine rings is 1. The van der Waals surface area contributed by atoms with Crippen LogP contribution in [0.5, 0.6) is 11.5 Å². The molecule has 0 bridgehead atoms. The first-order valence-electron chi connectivity index (χ1n) is 10.2. The Labute approximate surface area is 173 Å². The normalized spacial score (nSPS) is 14.1. The van der Waals surface area contributed by atoms with Crippen LogP contribution >= 0.6 is 0 Å². The fourth-order valence-electron chi connectivity index (χ4n) is 3.43. The Morgan fingerprint density at radius 2 is 1.72 bits per heavy atom. The van der Waals surface area contributed by atoms with Crippen LogP contribution in [0.25, 0.3) is 0 Å². The first-order valence-corrected chi connectivity index (χ1v) is 10.2. The van der Waals surface area contributed by atoms with E-state index in [9.17, 15) is 4.79 Å². The van der Waals surface area contributed by atoms with Gasteiger partial charge in [-0.25, -0.2) is 4.79 Å². The highest BCUT2D eigenvalue weighted by Crippen LogP contribution is 2.28. The van der Waals surface area contributed by atoms with Crippen LogP contribution in [0.3, 0.4) is 0 Å². The van der Waals surface area contributed by atoms with E-state index >= 15 is 0 Å². The van der Waals surface area contributed by atoms with E-state index < -0.39 is 0 Å². The van der Waals surface area contributed by atoms with Crippen molar-refractivity contribution in [3.05, 3.63) is 54.1 Å². The third-order valence-corrected chi connectivity index (χ3v) is 5.19. The van der Waals surface area contributed by atoms with Gasteiger partial charge in [0.15, 0.2) is 0 Å². The number of carbonyl (C=O) groups is 1. The molecule has 1 saturated heterocycles. The summed E-state index contributed by atoms with van der Waals surface area (Å²) in [7, 11) is 1.68. The predicted octanol–water partition coefficient (Wildman–Crippen LogP) is 3.73. The summed E-state index contributed by atoms with van der Waals surface area (Å²) in [6, 6.07) is 16.1. The van der Waals surface area contributed by atoms with Gasteiger partial charge in [0.1, 0.15) is 18.1 Å². The van der Waals surface area contributed by atoms with Crippen LogP contribution in [0.2, 0.25) is 0 Å². The minimum Gasteiger partial charge on any atom is -0.495 e. The minimum atomic E-state index is -0.0385. The van der Waals surface area contributed by atoms with Gasteiger partial charge in [-0.15, -0.1) is 0 Å². The maximum Gasteiger partial charge on any atom is 0.317 e. The highest BCUT2D eigenvalue weighted by Gasteiger charge is 2.22. The van der Waals surface area contributed by atoms with Crippen molar-refractivity contribution in [1.29, 1.82) is 0 Å². The molecule has 0 saturated carbocycles. The minimum absolute atomic E-state index is 0.0385. The first-order chi connectivity index (χ1) is 14.1. The Morgan fingerprint density at radius 3 is 2.38 bits per heavy atom. The molecule has 3 rings (SSSR count). The van der Waals surface area contributed by atoms with Crippen molar-refractivity contribution in [2.45, 2.75) is 19.8 Å². The summed E-state index contributed by atoms with van der Waals surface area (Å²) >= 11 is 0. The Balaban J connectivity index is 1.38. The Hall–Kier alpha value is -2.89. The molecule has 0 aliphatic carbocycles. The summed E-state index contributed by atoms with van der Waals surface area (Å²) in [5.41, 5.74) is 2.37. The SMILES string of the molecule is COc1ccccc1N1CCN(C(=O)NCCOc2ccc(C(C)C)cc2)CC1. The van der Waals surface area contributed by atoms with Gasteiger partial charge in [0.05, 0.1) is 19.3 Å². The van der Waals surface area contributed by atoms with Crippen molar-refractivity contribution in [2.75, 3.05) is 51.3 Å². The molecule has 29 heavy (non-hydrogen) atoms. The molecular weight excluding hydrogens is 366 g/mol. The van der Waals surface area contributed by atoms with Crippen LogP contribution in [0.1, 0.15) is 25.3 Å². The molecule has 156 valence electrons. The third-order valence-electron chi connectivity index (χ3n) is 5.19. The molecule has 0 spiro atoms. The lowest BCUT2D eigenvalue weighted by Gasteiger charge is -2.36. The van der Waals surface area contributed by atoms with Crippen LogP contribution < -0.4 is 19.7 Å². The smallest absolute Gasteiger partial charge is 0.317 e. The van der Waals surface area contributed by atoms with E-state index in [-0.39, 0.29) is 6.03 Å². The van der Waals surface area contributed by atoms with Crippen molar-refractivity contribution in [3.8, 4) is 11.5 Å². The van der Waals surface area contributed by atoms with Crippen molar-refractivity contribution in [2.24, 2.45) is 0 Å². The summed E-state index contributed by atoms with van der Waals surface area (Å²) in [6.45, 7) is 8.20. The van der Waals surface area contributed by atoms with E-state index in [1.165, 1.54) is 5.56 Å². The van der Waals surface area contributed by atoms with Crippen LogP contribution in [-0.2, 0) is 0 Å². The number of benzene rings is 2. The van der Waals surface area contributed by atoms with Gasteiger partial charge in [-0.2, -0.15) is 0 Å². The maximum atomic E-state index is 12.4. The molecular formula is C23H31N3O3.